The van der Waals surface area contributed by atoms with Crippen molar-refractivity contribution in [1.29, 1.82) is 0 Å². The Morgan fingerprint density at radius 2 is 1.09 bits per heavy atom. The smallest absolute Gasteiger partial charge is 0.319 e. The summed E-state index contributed by atoms with van der Waals surface area (Å²) in [5.41, 5.74) is 0. The molecule has 0 fully saturated rings. The molecule has 0 saturated carbocycles. The second-order valence-corrected chi connectivity index (χ2v) is 17.6. The van der Waals surface area contributed by atoms with Crippen LogP contribution in [0.1, 0.15) is 0 Å². The van der Waals surface area contributed by atoms with Crippen molar-refractivity contribution in [2.45, 2.75) is 0 Å². The highest BCUT2D eigenvalue weighted by Crippen LogP contribution is 2.78. The Morgan fingerprint density at radius 1 is 0.657 bits per heavy atom. The van der Waals surface area contributed by atoms with Gasteiger partial charge in [0.15, 0.2) is 0 Å². The van der Waals surface area contributed by atoms with Gasteiger partial charge in [-0.05, 0) is 0 Å². The molecule has 0 spiro atoms. The first-order valence-electron chi connectivity index (χ1n) is 10.6. The number of rotatable bonds is 8. The minimum Gasteiger partial charge on any atom is -0.319 e. The van der Waals surface area contributed by atoms with Gasteiger partial charge in [-0.2, -0.15) is 4.52 Å². The maximum absolute atomic E-state index is 13.6. The summed E-state index contributed by atoms with van der Waals surface area (Å²) in [6, 6.07) is 30.0. The second kappa shape index (κ2) is 10.8. The van der Waals surface area contributed by atoms with Crippen LogP contribution >= 0.6 is 30.0 Å². The summed E-state index contributed by atoms with van der Waals surface area (Å²) in [6.45, 7) is 0. The first-order valence-corrected chi connectivity index (χ1v) is 17.1. The van der Waals surface area contributed by atoms with Crippen LogP contribution < -0.4 is 20.8 Å². The molecule has 35 heavy (non-hydrogen) atoms. The van der Waals surface area contributed by atoms with Gasteiger partial charge in [-0.3, -0.25) is 0 Å². The largest absolute Gasteiger partial charge is 0.398 e. The molecule has 3 aromatic rings. The lowest BCUT2D eigenvalue weighted by Crippen LogP contribution is -2.26. The number of benzene rings is 3. The third-order valence-corrected chi connectivity index (χ3v) is 18.3. The molecule has 1 N–H and O–H groups in total. The SMILES string of the molecule is COP1(OC)=N[P@](=O)(OC)N[P@@](N=P(c2ccccc2)(c2ccccc2)c2ccccc2)(OC)=N1. The summed E-state index contributed by atoms with van der Waals surface area (Å²) in [6.07, 6.45) is 0. The Hall–Kier alpha value is -1.62. The number of hydrogen-bond acceptors (Lipinski definition) is 7. The predicted octanol–water partition coefficient (Wildman–Crippen LogP) is 6.35. The van der Waals surface area contributed by atoms with Crippen molar-refractivity contribution in [2.24, 2.45) is 13.5 Å². The lowest BCUT2D eigenvalue weighted by molar-refractivity contribution is 0.324. The fraction of sp³-hybridized carbons (Fsp3) is 0.182. The van der Waals surface area contributed by atoms with Crippen LogP contribution in [0.25, 0.3) is 0 Å². The summed E-state index contributed by atoms with van der Waals surface area (Å²) in [4.78, 5) is 2.95. The quantitative estimate of drug-likeness (QED) is 0.327. The molecule has 186 valence electrons. The van der Waals surface area contributed by atoms with Crippen molar-refractivity contribution in [3.8, 4) is 0 Å². The van der Waals surface area contributed by atoms with Gasteiger partial charge in [0.25, 0.3) is 7.58 Å². The van der Waals surface area contributed by atoms with E-state index < -0.39 is 30.0 Å². The highest BCUT2D eigenvalue weighted by atomic mass is 31.3. The molecule has 2 atom stereocenters. The summed E-state index contributed by atoms with van der Waals surface area (Å²) in [5.74, 6) is 0. The minimum absolute atomic E-state index is 0.986. The molecule has 0 aromatic heterocycles. The van der Waals surface area contributed by atoms with E-state index >= 15 is 0 Å². The molecule has 0 aliphatic carbocycles. The number of nitrogens with one attached hydrogen (secondary N) is 1. The van der Waals surface area contributed by atoms with E-state index in [1.165, 1.54) is 28.4 Å². The topological polar surface area (TPSA) is 103 Å². The molecule has 4 rings (SSSR count). The Labute approximate surface area is 206 Å². The summed E-state index contributed by atoms with van der Waals surface area (Å²) in [5, 5.41) is 2.96. The lowest BCUT2D eigenvalue weighted by Gasteiger charge is -2.34. The maximum Gasteiger partial charge on any atom is 0.398 e. The van der Waals surface area contributed by atoms with Crippen molar-refractivity contribution >= 4 is 45.9 Å². The predicted molar refractivity (Wildman–Crippen MR) is 145 cm³/mol. The Kier molecular flexibility index (Phi) is 8.15. The summed E-state index contributed by atoms with van der Waals surface area (Å²) >= 11 is 0. The van der Waals surface area contributed by atoms with Crippen LogP contribution in [0.3, 0.4) is 0 Å². The minimum atomic E-state index is -3.82. The van der Waals surface area contributed by atoms with Crippen LogP contribution in [-0.2, 0) is 22.7 Å². The highest BCUT2D eigenvalue weighted by molar-refractivity contribution is 7.93. The molecule has 9 nitrogen and oxygen atoms in total. The van der Waals surface area contributed by atoms with E-state index in [2.05, 4.69) is 9.37 Å². The number of nitrogens with zero attached hydrogens (tertiary/aromatic N) is 3. The zero-order chi connectivity index (χ0) is 25.0. The zero-order valence-electron chi connectivity index (χ0n) is 19.8. The average molecular weight is 552 g/mol. The molecule has 13 heteroatoms. The van der Waals surface area contributed by atoms with Crippen LogP contribution in [-0.4, -0.2) is 28.4 Å². The second-order valence-electron chi connectivity index (χ2n) is 7.30. The van der Waals surface area contributed by atoms with E-state index in [0.717, 1.165) is 15.9 Å². The molecule has 1 heterocycles. The van der Waals surface area contributed by atoms with Crippen molar-refractivity contribution < 1.29 is 22.7 Å². The normalized spacial score (nSPS) is 23.7. The van der Waals surface area contributed by atoms with Crippen LogP contribution in [0, 0.1) is 0 Å². The molecule has 0 saturated heterocycles. The van der Waals surface area contributed by atoms with Crippen LogP contribution in [0.2, 0.25) is 0 Å². The van der Waals surface area contributed by atoms with Gasteiger partial charge in [-0.1, -0.05) is 91.0 Å². The van der Waals surface area contributed by atoms with Gasteiger partial charge in [0.05, 0.1) is 7.05 Å². The molecule has 0 amide bonds. The monoisotopic (exact) mass is 552 g/mol. The standard InChI is InChI=1S/C22H28N4O5P4/c1-28-33(24-34(27,29-2)26-35(25-33,30-3)31-4)23-32(20-14-8-5-9-15-20,21-16-10-6-11-17-21)22-18-12-7-13-19-22/h5-19H,1-4H3,(H,24,27)/t33-,34-/m1/s1. The van der Waals surface area contributed by atoms with E-state index in [1.807, 2.05) is 91.0 Å². The molecule has 0 bridgehead atoms. The third-order valence-electron chi connectivity index (χ3n) is 5.34. The first kappa shape index (κ1) is 26.4. The maximum atomic E-state index is 13.6. The highest BCUT2D eigenvalue weighted by Gasteiger charge is 2.45. The third kappa shape index (κ3) is 5.12. The van der Waals surface area contributed by atoms with Crippen molar-refractivity contribution in [1.82, 2.24) is 4.86 Å². The molecular formula is C22H28N4O5P4. The van der Waals surface area contributed by atoms with Crippen LogP contribution in [0.4, 0.5) is 0 Å². The Morgan fingerprint density at radius 3 is 1.43 bits per heavy atom. The average Bonchev–Trinajstić information content (AvgIpc) is 2.93. The van der Waals surface area contributed by atoms with E-state index in [4.69, 9.17) is 27.1 Å². The van der Waals surface area contributed by atoms with Gasteiger partial charge in [-0.25, -0.2) is 9.08 Å². The van der Waals surface area contributed by atoms with E-state index in [9.17, 15) is 4.57 Å². The Bertz CT molecular complexity index is 1270. The van der Waals surface area contributed by atoms with Gasteiger partial charge in [-0.15, -0.1) is 9.37 Å². The van der Waals surface area contributed by atoms with Crippen LogP contribution in [0.5, 0.6) is 0 Å². The van der Waals surface area contributed by atoms with E-state index in [0.29, 0.717) is 0 Å². The van der Waals surface area contributed by atoms with Gasteiger partial charge >= 0.3 is 15.3 Å². The number of hydrogen-bond donors (Lipinski definition) is 1. The van der Waals surface area contributed by atoms with Gasteiger partial charge < -0.3 is 18.1 Å². The fourth-order valence-corrected chi connectivity index (χ4v) is 18.2. The lowest BCUT2D eigenvalue weighted by atomic mass is 10.4. The first-order chi connectivity index (χ1) is 16.9. The van der Waals surface area contributed by atoms with Crippen LogP contribution in [0.15, 0.2) is 105 Å². The van der Waals surface area contributed by atoms with Crippen molar-refractivity contribution in [3.63, 3.8) is 0 Å². The van der Waals surface area contributed by atoms with E-state index in [1.54, 1.807) is 0 Å². The molecular weight excluding hydrogens is 524 g/mol. The van der Waals surface area contributed by atoms with Gasteiger partial charge in [0, 0.05) is 44.4 Å². The summed E-state index contributed by atoms with van der Waals surface area (Å²) in [7, 11) is -7.73. The fourth-order valence-electron chi connectivity index (χ4n) is 3.69. The zero-order valence-corrected chi connectivity index (χ0v) is 23.4. The van der Waals surface area contributed by atoms with Crippen molar-refractivity contribution in [3.05, 3.63) is 91.0 Å². The van der Waals surface area contributed by atoms with Gasteiger partial charge in [0.2, 0.25) is 0 Å². The molecule has 1 aliphatic rings. The van der Waals surface area contributed by atoms with E-state index in [-0.39, 0.29) is 0 Å². The Balaban J connectivity index is 2.22. The molecule has 0 unspecified atom stereocenters. The molecule has 1 aliphatic heterocycles. The van der Waals surface area contributed by atoms with Crippen molar-refractivity contribution in [2.75, 3.05) is 28.4 Å². The van der Waals surface area contributed by atoms with Gasteiger partial charge in [0.1, 0.15) is 0 Å². The molecule has 3 aromatic carbocycles. The summed E-state index contributed by atoms with van der Waals surface area (Å²) < 4.78 is 50.5. The molecule has 0 radical (unpaired) electrons.